The lowest BCUT2D eigenvalue weighted by Gasteiger charge is -2.16. The zero-order valence-corrected chi connectivity index (χ0v) is 24.9. The quantitative estimate of drug-likeness (QED) is 0.119. The number of ether oxygens (including phenoxy) is 4. The summed E-state index contributed by atoms with van der Waals surface area (Å²) in [5.41, 5.74) is 19.9. The molecule has 17 nitrogen and oxygen atoms in total. The Morgan fingerprint density at radius 3 is 2.27 bits per heavy atom. The highest BCUT2D eigenvalue weighted by atomic mass is 16.6. The van der Waals surface area contributed by atoms with Crippen molar-refractivity contribution in [1.82, 2.24) is 20.2 Å². The third-order valence-corrected chi connectivity index (χ3v) is 7.26. The van der Waals surface area contributed by atoms with E-state index >= 15 is 0 Å². The van der Waals surface area contributed by atoms with Crippen molar-refractivity contribution in [2.45, 2.75) is 37.9 Å². The number of carbonyl (C=O) groups is 1. The number of anilines is 3. The molecule has 0 bridgehead atoms. The molecular formula is C28H36N8O9. The molecule has 1 fully saturated rings. The van der Waals surface area contributed by atoms with Crippen LogP contribution in [0, 0.1) is 6.92 Å². The van der Waals surface area contributed by atoms with E-state index in [9.17, 15) is 20.1 Å². The highest BCUT2D eigenvalue weighted by Gasteiger charge is 2.45. The fourth-order valence-electron chi connectivity index (χ4n) is 4.91. The number of nitrogens with zero attached hydrogens (tertiary/aromatic N) is 3. The molecule has 1 aliphatic heterocycles. The largest absolute Gasteiger partial charge is 0.504 e. The maximum atomic E-state index is 10.9. The second-order valence-electron chi connectivity index (χ2n) is 9.94. The van der Waals surface area contributed by atoms with Crippen molar-refractivity contribution in [3.8, 4) is 23.0 Å². The lowest BCUT2D eigenvalue weighted by molar-refractivity contribution is -0.0245. The monoisotopic (exact) mass is 628 g/mol. The van der Waals surface area contributed by atoms with Crippen molar-refractivity contribution in [2.24, 2.45) is 5.73 Å². The van der Waals surface area contributed by atoms with Crippen LogP contribution in [0.5, 0.6) is 23.0 Å². The Bertz CT molecular complexity index is 1660. The van der Waals surface area contributed by atoms with Crippen molar-refractivity contribution < 1.29 is 44.2 Å². The van der Waals surface area contributed by atoms with E-state index in [-0.39, 0.29) is 17.3 Å². The first-order chi connectivity index (χ1) is 21.4. The zero-order chi connectivity index (χ0) is 33.0. The van der Waals surface area contributed by atoms with Crippen molar-refractivity contribution >= 4 is 34.3 Å². The van der Waals surface area contributed by atoms with E-state index in [2.05, 4.69) is 25.5 Å². The van der Waals surface area contributed by atoms with Crippen LogP contribution in [0.25, 0.3) is 10.9 Å². The first-order valence-corrected chi connectivity index (χ1v) is 13.5. The third kappa shape index (κ3) is 6.55. The number of aliphatic hydroxyl groups excluding tert-OH is 3. The van der Waals surface area contributed by atoms with Crippen LogP contribution in [0.1, 0.15) is 33.4 Å². The normalized spacial score (nSPS) is 19.1. The number of rotatable bonds is 9. The molecule has 2 aromatic heterocycles. The molecular weight excluding hydrogens is 592 g/mol. The second kappa shape index (κ2) is 13.7. The summed E-state index contributed by atoms with van der Waals surface area (Å²) in [6.45, 7) is 2.07. The van der Waals surface area contributed by atoms with E-state index in [1.165, 1.54) is 0 Å². The molecule has 3 heterocycles. The number of hydrogen-bond donors (Lipinski definition) is 9. The molecule has 1 aliphatic rings. The molecule has 45 heavy (non-hydrogen) atoms. The number of benzene rings is 2. The van der Waals surface area contributed by atoms with Gasteiger partial charge in [0.2, 0.25) is 11.7 Å². The number of nitrogens with two attached hydrogens (primary N) is 3. The number of aromatic nitrogens is 4. The molecule has 0 saturated carbocycles. The molecule has 0 spiro atoms. The van der Waals surface area contributed by atoms with Crippen LogP contribution in [0.3, 0.4) is 0 Å². The molecule has 242 valence electrons. The molecule has 0 radical (unpaired) electrons. The molecule has 1 saturated heterocycles. The number of aromatic amines is 1. The molecule has 4 aromatic rings. The number of hydrogen-bond acceptors (Lipinski definition) is 15. The van der Waals surface area contributed by atoms with Crippen molar-refractivity contribution in [1.29, 1.82) is 0 Å². The summed E-state index contributed by atoms with van der Waals surface area (Å²) in [5, 5.41) is 47.9. The average Bonchev–Trinajstić information content (AvgIpc) is 3.54. The number of aryl methyl sites for hydroxylation is 1. The highest BCUT2D eigenvalue weighted by molar-refractivity contribution is 5.94. The summed E-state index contributed by atoms with van der Waals surface area (Å²) in [5.74, 6) is 0.784. The molecule has 4 atom stereocenters. The number of H-pyrrole nitrogens is 1. The smallest absolute Gasteiger partial charge is 0.273 e. The summed E-state index contributed by atoms with van der Waals surface area (Å²) in [7, 11) is 4.75. The van der Waals surface area contributed by atoms with Crippen LogP contribution in [-0.4, -0.2) is 92.7 Å². The minimum Gasteiger partial charge on any atom is -0.504 e. The number of primary amides is 1. The van der Waals surface area contributed by atoms with E-state index in [0.29, 0.717) is 29.6 Å². The van der Waals surface area contributed by atoms with Gasteiger partial charge in [-0.05, 0) is 24.1 Å². The van der Waals surface area contributed by atoms with Crippen molar-refractivity contribution in [3.05, 3.63) is 46.8 Å². The Labute approximate surface area is 256 Å². The van der Waals surface area contributed by atoms with E-state index in [4.69, 9.17) is 41.3 Å². The van der Waals surface area contributed by atoms with Gasteiger partial charge in [-0.2, -0.15) is 10.1 Å². The number of methoxy groups -OCH3 is 3. The van der Waals surface area contributed by atoms with Crippen LogP contribution in [0.4, 0.5) is 17.5 Å². The van der Waals surface area contributed by atoms with Gasteiger partial charge in [-0.1, -0.05) is 6.07 Å². The van der Waals surface area contributed by atoms with Crippen LogP contribution >= 0.6 is 0 Å². The summed E-state index contributed by atoms with van der Waals surface area (Å²) < 4.78 is 21.3. The van der Waals surface area contributed by atoms with E-state index in [1.807, 2.05) is 31.2 Å². The van der Waals surface area contributed by atoms with Crippen molar-refractivity contribution in [2.75, 3.05) is 44.7 Å². The SMILES string of the molecule is COc1cc(NCc2ccc3nc(N)nc(N)c3c2C)cc(OC)c1OC.NC(=O)c1n[nH]c([C@@H]2O[C@H](CO)[C@@H](O)[C@H]2O)c1O. The van der Waals surface area contributed by atoms with Crippen LogP contribution in [0.2, 0.25) is 0 Å². The third-order valence-electron chi connectivity index (χ3n) is 7.26. The van der Waals surface area contributed by atoms with Crippen LogP contribution in [0.15, 0.2) is 24.3 Å². The van der Waals surface area contributed by atoms with Crippen LogP contribution < -0.4 is 36.7 Å². The van der Waals surface area contributed by atoms with Crippen LogP contribution in [-0.2, 0) is 11.3 Å². The number of nitrogen functional groups attached to an aromatic ring is 2. The maximum absolute atomic E-state index is 10.9. The standard InChI is InChI=1S/C19H23N5O3.C9H13N3O6/c1-10-11(5-6-13-16(10)18(20)24-19(21)23-13)9-22-12-7-14(25-2)17(27-4)15(8-12)26-3;10-9(17)4-6(15)3(11-12-4)8-7(16)5(14)2(1-13)18-8/h5-8,22H,9H2,1-4H3,(H4,20,21,23,24);2,5,7-8,13-16H,1H2,(H2,10,17)(H,11,12)/t;2-,5-,7-,8+/m.1/s1. The molecule has 2 aromatic carbocycles. The summed E-state index contributed by atoms with van der Waals surface area (Å²) in [4.78, 5) is 19.2. The van der Waals surface area contributed by atoms with Gasteiger partial charge in [0, 0.05) is 29.8 Å². The van der Waals surface area contributed by atoms with Gasteiger partial charge in [-0.3, -0.25) is 9.89 Å². The zero-order valence-electron chi connectivity index (χ0n) is 24.9. The minimum absolute atomic E-state index is 0.0775. The average molecular weight is 629 g/mol. The summed E-state index contributed by atoms with van der Waals surface area (Å²) in [6, 6.07) is 7.60. The Morgan fingerprint density at radius 2 is 1.73 bits per heavy atom. The Hall–Kier alpha value is -5.10. The summed E-state index contributed by atoms with van der Waals surface area (Å²) >= 11 is 0. The number of aliphatic hydroxyl groups is 3. The number of carbonyl (C=O) groups excluding carboxylic acids is 1. The lowest BCUT2D eigenvalue weighted by Crippen LogP contribution is -2.32. The molecule has 5 rings (SSSR count). The van der Waals surface area contributed by atoms with Gasteiger partial charge in [-0.15, -0.1) is 0 Å². The fraction of sp³-hybridized carbons (Fsp3) is 0.357. The van der Waals surface area contributed by atoms with Crippen molar-refractivity contribution in [3.63, 3.8) is 0 Å². The Morgan fingerprint density at radius 1 is 1.07 bits per heavy atom. The second-order valence-corrected chi connectivity index (χ2v) is 9.94. The number of fused-ring (bicyclic) bond motifs is 1. The van der Waals surface area contributed by atoms with Gasteiger partial charge in [0.25, 0.3) is 5.91 Å². The first-order valence-electron chi connectivity index (χ1n) is 13.5. The van der Waals surface area contributed by atoms with Gasteiger partial charge < -0.3 is 61.9 Å². The van der Waals surface area contributed by atoms with Gasteiger partial charge >= 0.3 is 0 Å². The summed E-state index contributed by atoms with van der Waals surface area (Å²) in [6.07, 6.45) is -4.78. The highest BCUT2D eigenvalue weighted by Crippen LogP contribution is 2.40. The van der Waals surface area contributed by atoms with E-state index < -0.39 is 42.7 Å². The fourth-order valence-corrected chi connectivity index (χ4v) is 4.91. The molecule has 17 heteroatoms. The van der Waals surface area contributed by atoms with Gasteiger partial charge in [0.15, 0.2) is 22.9 Å². The topological polar surface area (TPSA) is 279 Å². The first kappa shape index (κ1) is 32.8. The number of nitrogens with one attached hydrogen (secondary N) is 2. The Kier molecular flexibility index (Phi) is 9.98. The molecule has 1 amide bonds. The van der Waals surface area contributed by atoms with E-state index in [1.54, 1.807) is 21.3 Å². The predicted octanol–water partition coefficient (Wildman–Crippen LogP) is 0.109. The van der Waals surface area contributed by atoms with Gasteiger partial charge in [-0.25, -0.2) is 4.98 Å². The number of aromatic hydroxyl groups is 1. The molecule has 12 N–H and O–H groups in total. The predicted molar refractivity (Wildman–Crippen MR) is 162 cm³/mol. The lowest BCUT2D eigenvalue weighted by atomic mass is 10.0. The molecule has 0 unspecified atom stereocenters. The number of amides is 1. The maximum Gasteiger partial charge on any atom is 0.273 e. The molecule has 0 aliphatic carbocycles. The van der Waals surface area contributed by atoms with E-state index in [0.717, 1.165) is 27.7 Å². The Balaban J connectivity index is 0.000000222. The van der Waals surface area contributed by atoms with Gasteiger partial charge in [0.1, 0.15) is 35.9 Å². The van der Waals surface area contributed by atoms with Gasteiger partial charge in [0.05, 0.1) is 33.5 Å². The minimum atomic E-state index is -1.37.